The van der Waals surface area contributed by atoms with Crippen LogP contribution in [0, 0.1) is 0 Å². The molecule has 0 unspecified atom stereocenters. The second kappa shape index (κ2) is 19.2. The van der Waals surface area contributed by atoms with Crippen LogP contribution in [0.5, 0.6) is 0 Å². The number of carbonyl (C=O) groups is 5. The maximum atomic E-state index is 13.1. The van der Waals surface area contributed by atoms with Gasteiger partial charge in [0.2, 0.25) is 0 Å². The number of hydrogen-bond donors (Lipinski definition) is 1. The minimum Gasteiger partial charge on any atom is -0.444 e. The zero-order valence-electron chi connectivity index (χ0n) is 37.7. The van der Waals surface area contributed by atoms with Gasteiger partial charge in [-0.05, 0) is 86.7 Å². The summed E-state index contributed by atoms with van der Waals surface area (Å²) in [6.07, 6.45) is 7.31. The predicted molar refractivity (Wildman–Crippen MR) is 247 cm³/mol. The van der Waals surface area contributed by atoms with Gasteiger partial charge in [0, 0.05) is 146 Å². The average Bonchev–Trinajstić information content (AvgIpc) is 4.04. The molecule has 0 radical (unpaired) electrons. The quantitative estimate of drug-likeness (QED) is 0.390. The lowest BCUT2D eigenvalue weighted by Crippen LogP contribution is -2.64. The number of allylic oxidation sites excluding steroid dienone is 1. The van der Waals surface area contributed by atoms with E-state index in [1.165, 1.54) is 22.5 Å². The van der Waals surface area contributed by atoms with Gasteiger partial charge in [-0.15, -0.1) is 11.3 Å². The number of benzene rings is 2. The van der Waals surface area contributed by atoms with Gasteiger partial charge >= 0.3 is 6.09 Å². The van der Waals surface area contributed by atoms with E-state index in [4.69, 9.17) is 4.74 Å². The predicted octanol–water partition coefficient (Wildman–Crippen LogP) is 3.38. The summed E-state index contributed by atoms with van der Waals surface area (Å²) in [5.74, 6) is 0.281. The number of piperazine rings is 2. The maximum absolute atomic E-state index is 13.1. The van der Waals surface area contributed by atoms with Crippen LogP contribution in [0.1, 0.15) is 80.0 Å². The Morgan fingerprint density at radius 1 is 0.662 bits per heavy atom. The fourth-order valence-corrected chi connectivity index (χ4v) is 10.2. The molecule has 65 heavy (non-hydrogen) atoms. The lowest BCUT2D eigenvalue weighted by Gasteiger charge is -2.48. The van der Waals surface area contributed by atoms with Gasteiger partial charge in [-0.25, -0.2) is 9.78 Å². The summed E-state index contributed by atoms with van der Waals surface area (Å²) in [5.41, 5.74) is 6.43. The number of hydrogen-bond acceptors (Lipinski definition) is 12. The Hall–Kier alpha value is -5.49. The third-order valence-electron chi connectivity index (χ3n) is 13.5. The molecule has 2 aromatic carbocycles. The Morgan fingerprint density at radius 3 is 1.80 bits per heavy atom. The molecule has 1 aromatic heterocycles. The highest BCUT2D eigenvalue weighted by Gasteiger charge is 2.39. The molecule has 0 spiro atoms. The van der Waals surface area contributed by atoms with Crippen molar-refractivity contribution in [3.05, 3.63) is 98.6 Å². The zero-order valence-corrected chi connectivity index (χ0v) is 38.6. The number of nitrogens with one attached hydrogen (secondary N) is 1. The summed E-state index contributed by atoms with van der Waals surface area (Å²) in [7, 11) is 0. The van der Waals surface area contributed by atoms with Crippen LogP contribution in [0.2, 0.25) is 0 Å². The van der Waals surface area contributed by atoms with Gasteiger partial charge in [-0.2, -0.15) is 0 Å². The molecule has 5 amide bonds. The van der Waals surface area contributed by atoms with Crippen LogP contribution < -0.4 is 5.32 Å². The first-order valence-corrected chi connectivity index (χ1v) is 23.9. The molecular weight excluding hydrogens is 845 g/mol. The van der Waals surface area contributed by atoms with E-state index in [0.717, 1.165) is 88.6 Å². The van der Waals surface area contributed by atoms with Crippen LogP contribution in [0.25, 0.3) is 0 Å². The Kier molecular flexibility index (Phi) is 13.2. The molecule has 0 aliphatic carbocycles. The average molecular weight is 905 g/mol. The molecule has 3 aromatic rings. The van der Waals surface area contributed by atoms with E-state index in [0.29, 0.717) is 80.5 Å². The molecule has 10 rings (SSSR count). The van der Waals surface area contributed by atoms with Gasteiger partial charge in [-0.3, -0.25) is 34.0 Å². The first-order valence-electron chi connectivity index (χ1n) is 23.1. The Labute approximate surface area is 384 Å². The van der Waals surface area contributed by atoms with Gasteiger partial charge in [0.25, 0.3) is 23.6 Å². The first kappa shape index (κ1) is 44.7. The summed E-state index contributed by atoms with van der Waals surface area (Å²) < 4.78 is 5.50. The van der Waals surface area contributed by atoms with Crippen molar-refractivity contribution < 1.29 is 28.7 Å². The molecule has 344 valence electrons. The minimum atomic E-state index is -0.518. The van der Waals surface area contributed by atoms with Crippen LogP contribution in [-0.4, -0.2) is 184 Å². The highest BCUT2D eigenvalue weighted by Crippen LogP contribution is 2.27. The zero-order chi connectivity index (χ0) is 45.2. The molecule has 0 atom stereocenters. The second-order valence-corrected chi connectivity index (χ2v) is 19.8. The maximum Gasteiger partial charge on any atom is 0.410 e. The lowest BCUT2D eigenvalue weighted by atomic mass is 9.96. The van der Waals surface area contributed by atoms with Gasteiger partial charge < -0.3 is 34.6 Å². The van der Waals surface area contributed by atoms with Crippen molar-refractivity contribution in [3.8, 4) is 0 Å². The largest absolute Gasteiger partial charge is 0.444 e. The van der Waals surface area contributed by atoms with Crippen LogP contribution in [0.3, 0.4) is 0 Å². The molecular formula is C48H60N10O6S. The summed E-state index contributed by atoms with van der Waals surface area (Å²) in [6.45, 7) is 17.8. The lowest BCUT2D eigenvalue weighted by molar-refractivity contribution is -0.126. The van der Waals surface area contributed by atoms with Crippen molar-refractivity contribution in [3.63, 3.8) is 0 Å². The van der Waals surface area contributed by atoms with E-state index in [1.807, 2.05) is 76.1 Å². The van der Waals surface area contributed by atoms with E-state index in [9.17, 15) is 24.0 Å². The fourth-order valence-electron chi connectivity index (χ4n) is 9.58. The number of carbonyl (C=O) groups excluding carboxylic acids is 5. The number of rotatable bonds is 6. The number of likely N-dealkylation sites (tertiary alicyclic amines) is 2. The number of amides is 5. The van der Waals surface area contributed by atoms with Gasteiger partial charge in [-0.1, -0.05) is 18.2 Å². The minimum absolute atomic E-state index is 0.0349. The standard InChI is InChI=1S/C27H35N5O4.C21H25N5O2S/c1-27(2,3)36-26(35)31-10-8-19-15-20(6-7-21(19)16-31)24(33)32-17-22(18-32)29-11-13-30(14-12-29)25(34)23-5-4-9-28-23;27-20(16-1-2-17-12-22-4-3-15(17)11-16)26-13-18(14-26)24-6-8-25(9-7-24)21(28)19-23-5-10-29-19/h4,6-7,9,15,22H,5,8,10-14,16-18H2,1-3H3;1-2,5,10-11,18,22H,3-4,6-9,12-14H2. The van der Waals surface area contributed by atoms with E-state index in [2.05, 4.69) is 37.2 Å². The molecule has 0 saturated carbocycles. The SMILES string of the molecule is CC(C)(C)OC(=O)N1CCc2cc(C(=O)N3CC(N4CCN(C(=O)C5=NC=CC5)CC4)C3)ccc2C1.O=C(c1ccc2c(c1)CCNC2)N1CC(N2CCN(C(=O)c3nccs3)CC2)C1. The molecule has 0 bridgehead atoms. The second-order valence-electron chi connectivity index (χ2n) is 18.9. The summed E-state index contributed by atoms with van der Waals surface area (Å²) in [5, 5.41) is 5.77. The highest BCUT2D eigenvalue weighted by molar-refractivity contribution is 7.11. The van der Waals surface area contributed by atoms with Crippen LogP contribution in [0.15, 0.2) is 65.2 Å². The Bertz CT molecular complexity index is 2330. The summed E-state index contributed by atoms with van der Waals surface area (Å²) in [4.78, 5) is 85.8. The number of fused-ring (bicyclic) bond motifs is 2. The topological polar surface area (TPSA) is 155 Å². The summed E-state index contributed by atoms with van der Waals surface area (Å²) in [6, 6.07) is 12.7. The highest BCUT2D eigenvalue weighted by atomic mass is 32.1. The third-order valence-corrected chi connectivity index (χ3v) is 14.3. The Balaban J connectivity index is 0.000000168. The van der Waals surface area contributed by atoms with E-state index >= 15 is 0 Å². The number of nitrogens with zero attached hydrogens (tertiary/aromatic N) is 9. The fraction of sp³-hybridized carbons (Fsp3) is 0.521. The molecule has 4 saturated heterocycles. The molecule has 1 N–H and O–H groups in total. The normalized spacial score (nSPS) is 20.5. The molecule has 7 aliphatic heterocycles. The van der Waals surface area contributed by atoms with Crippen molar-refractivity contribution in [1.29, 1.82) is 0 Å². The monoisotopic (exact) mass is 904 g/mol. The molecule has 7 aliphatic rings. The van der Waals surface area contributed by atoms with Gasteiger partial charge in [0.1, 0.15) is 11.3 Å². The molecule has 8 heterocycles. The molecule has 4 fully saturated rings. The van der Waals surface area contributed by atoms with Crippen LogP contribution >= 0.6 is 11.3 Å². The number of aromatic nitrogens is 1. The molecule has 16 nitrogen and oxygen atoms in total. The van der Waals surface area contributed by atoms with Crippen molar-refractivity contribution >= 4 is 46.8 Å². The van der Waals surface area contributed by atoms with Crippen molar-refractivity contribution in [2.45, 2.75) is 70.8 Å². The van der Waals surface area contributed by atoms with E-state index in [1.54, 1.807) is 17.3 Å². The number of thiazole rings is 1. The Morgan fingerprint density at radius 2 is 1.25 bits per heavy atom. The van der Waals surface area contributed by atoms with E-state index in [-0.39, 0.29) is 29.7 Å². The van der Waals surface area contributed by atoms with Crippen molar-refractivity contribution in [1.82, 2.24) is 44.6 Å². The first-order chi connectivity index (χ1) is 31.4. The van der Waals surface area contributed by atoms with Crippen molar-refractivity contribution in [2.75, 3.05) is 91.6 Å². The van der Waals surface area contributed by atoms with Crippen molar-refractivity contribution in [2.24, 2.45) is 4.99 Å². The third kappa shape index (κ3) is 10.2. The number of aliphatic imine (C=N–C) groups is 1. The molecule has 17 heteroatoms. The smallest absolute Gasteiger partial charge is 0.410 e. The van der Waals surface area contributed by atoms with Gasteiger partial charge in [0.15, 0.2) is 5.01 Å². The van der Waals surface area contributed by atoms with Crippen LogP contribution in [0.4, 0.5) is 4.79 Å². The van der Waals surface area contributed by atoms with Crippen LogP contribution in [-0.2, 0) is 35.5 Å². The van der Waals surface area contributed by atoms with Gasteiger partial charge in [0.05, 0.1) is 0 Å². The number of ether oxygens (including phenoxy) is 1. The summed E-state index contributed by atoms with van der Waals surface area (Å²) >= 11 is 1.39. The van der Waals surface area contributed by atoms with E-state index < -0.39 is 5.60 Å².